The number of hydrogen-bond donors (Lipinski definition) is 0. The van der Waals surface area contributed by atoms with Gasteiger partial charge in [-0.15, -0.1) is 0 Å². The fourth-order valence-electron chi connectivity index (χ4n) is 1.71. The average molecular weight is 268 g/mol. The van der Waals surface area contributed by atoms with Crippen molar-refractivity contribution in [3.63, 3.8) is 0 Å². The molecule has 1 aromatic heterocycles. The SMILES string of the molecule is CCC(=O)c1ccccc1-n1ccc(C(F)(F)F)n1. The Kier molecular flexibility index (Phi) is 3.42. The van der Waals surface area contributed by atoms with Gasteiger partial charge in [-0.2, -0.15) is 18.3 Å². The number of alkyl halides is 3. The number of nitrogens with zero attached hydrogens (tertiary/aromatic N) is 2. The number of halogens is 3. The summed E-state index contributed by atoms with van der Waals surface area (Å²) in [6.07, 6.45) is -3.01. The molecule has 0 N–H and O–H groups in total. The molecular formula is C13H11F3N2O. The Labute approximate surface area is 107 Å². The zero-order chi connectivity index (χ0) is 14.0. The minimum Gasteiger partial charge on any atom is -0.294 e. The number of ketones is 1. The first kappa shape index (κ1) is 13.3. The molecule has 0 saturated carbocycles. The maximum atomic E-state index is 12.5. The number of aromatic nitrogens is 2. The molecule has 0 fully saturated rings. The second kappa shape index (κ2) is 4.87. The van der Waals surface area contributed by atoms with Crippen molar-refractivity contribution in [2.24, 2.45) is 0 Å². The highest BCUT2D eigenvalue weighted by Crippen LogP contribution is 2.28. The topological polar surface area (TPSA) is 34.9 Å². The third-order valence-corrected chi connectivity index (χ3v) is 2.65. The molecule has 2 rings (SSSR count). The highest BCUT2D eigenvalue weighted by Gasteiger charge is 2.33. The van der Waals surface area contributed by atoms with Crippen molar-refractivity contribution < 1.29 is 18.0 Å². The zero-order valence-corrected chi connectivity index (χ0v) is 10.1. The quantitative estimate of drug-likeness (QED) is 0.799. The molecule has 0 aliphatic rings. The molecule has 0 saturated heterocycles. The monoisotopic (exact) mass is 268 g/mol. The summed E-state index contributed by atoms with van der Waals surface area (Å²) in [4.78, 5) is 11.7. The number of para-hydroxylation sites is 1. The van der Waals surface area contributed by atoms with E-state index < -0.39 is 11.9 Å². The van der Waals surface area contributed by atoms with Crippen molar-refractivity contribution in [3.8, 4) is 5.69 Å². The Morgan fingerprint density at radius 1 is 1.26 bits per heavy atom. The van der Waals surface area contributed by atoms with Gasteiger partial charge in [-0.05, 0) is 18.2 Å². The molecule has 3 nitrogen and oxygen atoms in total. The fraction of sp³-hybridized carbons (Fsp3) is 0.231. The van der Waals surface area contributed by atoms with Crippen LogP contribution in [0, 0.1) is 0 Å². The van der Waals surface area contributed by atoms with E-state index in [1.165, 1.54) is 6.20 Å². The smallest absolute Gasteiger partial charge is 0.294 e. The summed E-state index contributed by atoms with van der Waals surface area (Å²) in [7, 11) is 0. The van der Waals surface area contributed by atoms with Crippen LogP contribution in [0.1, 0.15) is 29.4 Å². The Bertz CT molecular complexity index is 602. The number of hydrogen-bond acceptors (Lipinski definition) is 2. The number of carbonyl (C=O) groups is 1. The summed E-state index contributed by atoms with van der Waals surface area (Å²) < 4.78 is 38.6. The van der Waals surface area contributed by atoms with Gasteiger partial charge >= 0.3 is 6.18 Å². The normalized spacial score (nSPS) is 11.6. The summed E-state index contributed by atoms with van der Waals surface area (Å²) >= 11 is 0. The highest BCUT2D eigenvalue weighted by atomic mass is 19.4. The third-order valence-electron chi connectivity index (χ3n) is 2.65. The maximum Gasteiger partial charge on any atom is 0.435 e. The van der Waals surface area contributed by atoms with E-state index in [0.717, 1.165) is 10.7 Å². The number of benzene rings is 1. The van der Waals surface area contributed by atoms with E-state index in [-0.39, 0.29) is 12.2 Å². The molecule has 0 unspecified atom stereocenters. The Morgan fingerprint density at radius 2 is 1.95 bits per heavy atom. The van der Waals surface area contributed by atoms with Gasteiger partial charge in [0.15, 0.2) is 11.5 Å². The molecule has 0 bridgehead atoms. The standard InChI is InChI=1S/C13H11F3N2O/c1-2-11(19)9-5-3-4-6-10(9)18-8-7-12(17-18)13(14,15)16/h3-8H,2H2,1H3. The summed E-state index contributed by atoms with van der Waals surface area (Å²) in [6.45, 7) is 1.70. The number of Topliss-reactive ketones (excluding diaryl/α,β-unsaturated/α-hetero) is 1. The summed E-state index contributed by atoms with van der Waals surface area (Å²) in [6, 6.07) is 7.34. The number of rotatable bonds is 3. The first-order valence-corrected chi connectivity index (χ1v) is 5.69. The summed E-state index contributed by atoms with van der Waals surface area (Å²) in [5, 5.41) is 3.47. The van der Waals surface area contributed by atoms with Crippen molar-refractivity contribution in [2.75, 3.05) is 0 Å². The van der Waals surface area contributed by atoms with Crippen LogP contribution in [-0.4, -0.2) is 15.6 Å². The van der Waals surface area contributed by atoms with Gasteiger partial charge in [-0.25, -0.2) is 4.68 Å². The molecule has 19 heavy (non-hydrogen) atoms. The lowest BCUT2D eigenvalue weighted by Gasteiger charge is -2.08. The van der Waals surface area contributed by atoms with E-state index in [4.69, 9.17) is 0 Å². The fourth-order valence-corrected chi connectivity index (χ4v) is 1.71. The van der Waals surface area contributed by atoms with Gasteiger partial charge in [0.2, 0.25) is 0 Å². The van der Waals surface area contributed by atoms with Crippen LogP contribution in [0.15, 0.2) is 36.5 Å². The molecule has 0 amide bonds. The molecule has 1 aromatic carbocycles. The van der Waals surface area contributed by atoms with Crippen LogP contribution in [0.2, 0.25) is 0 Å². The Morgan fingerprint density at radius 3 is 2.53 bits per heavy atom. The average Bonchev–Trinajstić information content (AvgIpc) is 2.87. The van der Waals surface area contributed by atoms with Crippen LogP contribution in [0.25, 0.3) is 5.69 Å². The third kappa shape index (κ3) is 2.67. The van der Waals surface area contributed by atoms with Crippen molar-refractivity contribution >= 4 is 5.78 Å². The van der Waals surface area contributed by atoms with E-state index in [1.54, 1.807) is 31.2 Å². The van der Waals surface area contributed by atoms with Crippen LogP contribution in [0.3, 0.4) is 0 Å². The minimum absolute atomic E-state index is 0.139. The largest absolute Gasteiger partial charge is 0.435 e. The van der Waals surface area contributed by atoms with Crippen LogP contribution >= 0.6 is 0 Å². The van der Waals surface area contributed by atoms with E-state index in [9.17, 15) is 18.0 Å². The van der Waals surface area contributed by atoms with Crippen LogP contribution in [-0.2, 0) is 6.18 Å². The van der Waals surface area contributed by atoms with Gasteiger partial charge in [0.05, 0.1) is 5.69 Å². The zero-order valence-electron chi connectivity index (χ0n) is 10.1. The molecule has 0 aliphatic carbocycles. The van der Waals surface area contributed by atoms with Gasteiger partial charge in [-0.1, -0.05) is 19.1 Å². The number of carbonyl (C=O) groups excluding carboxylic acids is 1. The first-order chi connectivity index (χ1) is 8.93. The Hall–Kier alpha value is -2.11. The van der Waals surface area contributed by atoms with Gasteiger partial charge in [0.25, 0.3) is 0 Å². The lowest BCUT2D eigenvalue weighted by atomic mass is 10.1. The van der Waals surface area contributed by atoms with Crippen LogP contribution in [0.4, 0.5) is 13.2 Å². The van der Waals surface area contributed by atoms with Crippen molar-refractivity contribution in [3.05, 3.63) is 47.8 Å². The maximum absolute atomic E-state index is 12.5. The van der Waals surface area contributed by atoms with Crippen LogP contribution in [0.5, 0.6) is 0 Å². The van der Waals surface area contributed by atoms with Gasteiger partial charge in [0, 0.05) is 18.2 Å². The highest BCUT2D eigenvalue weighted by molar-refractivity contribution is 5.99. The van der Waals surface area contributed by atoms with Gasteiger partial charge in [-0.3, -0.25) is 4.79 Å². The van der Waals surface area contributed by atoms with Gasteiger partial charge < -0.3 is 0 Å². The lowest BCUT2D eigenvalue weighted by molar-refractivity contribution is -0.141. The van der Waals surface area contributed by atoms with E-state index in [1.807, 2.05) is 0 Å². The molecule has 0 atom stereocenters. The van der Waals surface area contributed by atoms with Crippen LogP contribution < -0.4 is 0 Å². The van der Waals surface area contributed by atoms with E-state index in [0.29, 0.717) is 11.3 Å². The summed E-state index contributed by atoms with van der Waals surface area (Å²) in [5.41, 5.74) is -0.266. The molecule has 2 aromatic rings. The molecular weight excluding hydrogens is 257 g/mol. The minimum atomic E-state index is -4.49. The van der Waals surface area contributed by atoms with Crippen molar-refractivity contribution in [2.45, 2.75) is 19.5 Å². The van der Waals surface area contributed by atoms with Crippen molar-refractivity contribution in [1.82, 2.24) is 9.78 Å². The molecule has 0 radical (unpaired) electrons. The second-order valence-electron chi connectivity index (χ2n) is 3.94. The molecule has 6 heteroatoms. The predicted molar refractivity (Wildman–Crippen MR) is 63.2 cm³/mol. The van der Waals surface area contributed by atoms with E-state index in [2.05, 4.69) is 5.10 Å². The molecule has 100 valence electrons. The summed E-state index contributed by atoms with van der Waals surface area (Å²) in [5.74, 6) is -0.139. The second-order valence-corrected chi connectivity index (χ2v) is 3.94. The molecule has 0 spiro atoms. The molecule has 0 aliphatic heterocycles. The predicted octanol–water partition coefficient (Wildman–Crippen LogP) is 3.48. The van der Waals surface area contributed by atoms with E-state index >= 15 is 0 Å². The first-order valence-electron chi connectivity index (χ1n) is 5.69. The van der Waals surface area contributed by atoms with Gasteiger partial charge in [0.1, 0.15) is 0 Å². The van der Waals surface area contributed by atoms with Crippen molar-refractivity contribution in [1.29, 1.82) is 0 Å². The Balaban J connectivity index is 2.48. The lowest BCUT2D eigenvalue weighted by Crippen LogP contribution is -2.09. The molecule has 1 heterocycles.